The molecule has 0 aliphatic rings. The van der Waals surface area contributed by atoms with Crippen molar-refractivity contribution in [3.8, 4) is 0 Å². The van der Waals surface area contributed by atoms with Crippen LogP contribution in [0.25, 0.3) is 0 Å². The summed E-state index contributed by atoms with van der Waals surface area (Å²) in [6.07, 6.45) is -0.778. The third-order valence-corrected chi connectivity index (χ3v) is 2.18. The summed E-state index contributed by atoms with van der Waals surface area (Å²) < 4.78 is 0. The molecule has 0 fully saturated rings. The Kier molecular flexibility index (Phi) is 4.90. The van der Waals surface area contributed by atoms with Gasteiger partial charge in [-0.25, -0.2) is 0 Å². The van der Waals surface area contributed by atoms with Gasteiger partial charge in [0.05, 0.1) is 11.9 Å². The van der Waals surface area contributed by atoms with Gasteiger partial charge in [0.1, 0.15) is 0 Å². The SMILES string of the molecule is O=C([O-])CS[C@H](CC(=O)[O-])C(=O)[O-]. The van der Waals surface area contributed by atoms with Gasteiger partial charge in [0.15, 0.2) is 0 Å². The van der Waals surface area contributed by atoms with Crippen molar-refractivity contribution in [2.75, 3.05) is 5.75 Å². The zero-order valence-corrected chi connectivity index (χ0v) is 7.17. The number of rotatable bonds is 6. The molecule has 0 aromatic carbocycles. The predicted octanol–water partition coefficient (Wildman–Crippen LogP) is -4.27. The van der Waals surface area contributed by atoms with Crippen molar-refractivity contribution < 1.29 is 29.7 Å². The summed E-state index contributed by atoms with van der Waals surface area (Å²) in [5.74, 6) is -5.25. The van der Waals surface area contributed by atoms with Gasteiger partial charge in [-0.3, -0.25) is 0 Å². The van der Waals surface area contributed by atoms with E-state index in [4.69, 9.17) is 0 Å². The highest BCUT2D eigenvalue weighted by atomic mass is 32.2. The van der Waals surface area contributed by atoms with E-state index in [9.17, 15) is 29.7 Å². The summed E-state index contributed by atoms with van der Waals surface area (Å²) in [5.41, 5.74) is 0. The zero-order chi connectivity index (χ0) is 10.4. The molecule has 0 rings (SSSR count). The highest BCUT2D eigenvalue weighted by Crippen LogP contribution is 2.12. The molecule has 0 aromatic heterocycles. The maximum absolute atomic E-state index is 10.2. The summed E-state index contributed by atoms with van der Waals surface area (Å²) >= 11 is 0.421. The number of thioether (sulfide) groups is 1. The van der Waals surface area contributed by atoms with Crippen LogP contribution in [0, 0.1) is 0 Å². The average molecular weight is 205 g/mol. The van der Waals surface area contributed by atoms with E-state index in [2.05, 4.69) is 0 Å². The van der Waals surface area contributed by atoms with Crippen LogP contribution in [-0.2, 0) is 14.4 Å². The lowest BCUT2D eigenvalue weighted by molar-refractivity contribution is -0.314. The fraction of sp³-hybridized carbons (Fsp3) is 0.500. The van der Waals surface area contributed by atoms with Gasteiger partial charge >= 0.3 is 0 Å². The standard InChI is InChI=1S/C6H8O6S/c7-4(8)1-3(6(11)12)13-2-5(9)10/h3H,1-2H2,(H,7,8)(H,9,10)(H,11,12)/p-3/t3-/m1/s1. The van der Waals surface area contributed by atoms with Crippen LogP contribution in [0.4, 0.5) is 0 Å². The summed E-state index contributed by atoms with van der Waals surface area (Å²) in [7, 11) is 0. The number of aliphatic carboxylic acids is 3. The molecule has 0 saturated heterocycles. The Labute approximate surface area is 77.6 Å². The topological polar surface area (TPSA) is 120 Å². The fourth-order valence-corrected chi connectivity index (χ4v) is 1.26. The maximum Gasteiger partial charge on any atom is 0.0548 e. The molecule has 13 heavy (non-hydrogen) atoms. The van der Waals surface area contributed by atoms with E-state index in [-0.39, 0.29) is 0 Å². The first-order chi connectivity index (χ1) is 5.93. The minimum Gasteiger partial charge on any atom is -0.550 e. The zero-order valence-electron chi connectivity index (χ0n) is 6.35. The first-order valence-electron chi connectivity index (χ1n) is 3.15. The average Bonchev–Trinajstić information content (AvgIpc) is 1.96. The molecular weight excluding hydrogens is 200 g/mol. The number of hydrogen-bond donors (Lipinski definition) is 0. The van der Waals surface area contributed by atoms with Gasteiger partial charge < -0.3 is 29.7 Å². The molecule has 0 saturated carbocycles. The molecule has 0 aromatic rings. The second-order valence-electron chi connectivity index (χ2n) is 2.07. The quantitative estimate of drug-likeness (QED) is 0.430. The predicted molar refractivity (Wildman–Crippen MR) is 35.9 cm³/mol. The summed E-state index contributed by atoms with van der Waals surface area (Å²) in [6, 6.07) is 0. The second-order valence-corrected chi connectivity index (χ2v) is 3.26. The van der Waals surface area contributed by atoms with Gasteiger partial charge in [-0.2, -0.15) is 0 Å². The van der Waals surface area contributed by atoms with E-state index in [0.29, 0.717) is 11.8 Å². The lowest BCUT2D eigenvalue weighted by Gasteiger charge is -2.17. The smallest absolute Gasteiger partial charge is 0.0548 e. The molecule has 0 aliphatic heterocycles. The van der Waals surface area contributed by atoms with Crippen molar-refractivity contribution in [1.82, 2.24) is 0 Å². The Morgan fingerprint density at radius 3 is 1.92 bits per heavy atom. The molecular formula is C6H5O6S-3. The van der Waals surface area contributed by atoms with Crippen molar-refractivity contribution in [3.05, 3.63) is 0 Å². The normalized spacial score (nSPS) is 12.0. The Morgan fingerprint density at radius 2 is 1.62 bits per heavy atom. The third-order valence-electron chi connectivity index (χ3n) is 1.02. The van der Waals surface area contributed by atoms with Gasteiger partial charge in [0.2, 0.25) is 0 Å². The van der Waals surface area contributed by atoms with Crippen LogP contribution in [0.2, 0.25) is 0 Å². The molecule has 1 atom stereocenters. The number of carboxylic acid groups (broad SMARTS) is 3. The Hall–Kier alpha value is -1.24. The van der Waals surface area contributed by atoms with Gasteiger partial charge in [0.25, 0.3) is 0 Å². The van der Waals surface area contributed by atoms with Gasteiger partial charge in [0, 0.05) is 23.4 Å². The molecule has 0 N–H and O–H groups in total. The molecule has 0 unspecified atom stereocenters. The van der Waals surface area contributed by atoms with E-state index >= 15 is 0 Å². The van der Waals surface area contributed by atoms with Crippen LogP contribution in [0.5, 0.6) is 0 Å². The highest BCUT2D eigenvalue weighted by Gasteiger charge is 2.10. The van der Waals surface area contributed by atoms with Crippen LogP contribution < -0.4 is 15.3 Å². The van der Waals surface area contributed by atoms with Gasteiger partial charge in [-0.1, -0.05) is 0 Å². The number of carbonyl (C=O) groups excluding carboxylic acids is 3. The minimum absolute atomic E-state index is 0.421. The fourth-order valence-electron chi connectivity index (χ4n) is 0.530. The van der Waals surface area contributed by atoms with E-state index in [0.717, 1.165) is 0 Å². The molecule has 0 amide bonds. The van der Waals surface area contributed by atoms with Gasteiger partial charge in [-0.15, -0.1) is 11.8 Å². The Morgan fingerprint density at radius 1 is 1.08 bits per heavy atom. The number of carbonyl (C=O) groups is 3. The van der Waals surface area contributed by atoms with E-state index in [1.54, 1.807) is 0 Å². The first kappa shape index (κ1) is 11.8. The summed E-state index contributed by atoms with van der Waals surface area (Å²) in [5, 5.41) is 28.7. The monoisotopic (exact) mass is 205 g/mol. The van der Waals surface area contributed by atoms with Crippen molar-refractivity contribution in [1.29, 1.82) is 0 Å². The number of carboxylic acids is 3. The third kappa shape index (κ3) is 5.97. The first-order valence-corrected chi connectivity index (χ1v) is 4.20. The van der Waals surface area contributed by atoms with Crippen LogP contribution in [0.3, 0.4) is 0 Å². The van der Waals surface area contributed by atoms with Gasteiger partial charge in [-0.05, 0) is 0 Å². The lowest BCUT2D eigenvalue weighted by atomic mass is 10.3. The van der Waals surface area contributed by atoms with E-state index in [1.807, 2.05) is 0 Å². The molecule has 0 radical (unpaired) electrons. The maximum atomic E-state index is 10.2. The molecule has 7 heteroatoms. The lowest BCUT2D eigenvalue weighted by Crippen LogP contribution is -2.39. The Bertz CT molecular complexity index is 225. The van der Waals surface area contributed by atoms with E-state index in [1.165, 1.54) is 0 Å². The van der Waals surface area contributed by atoms with Crippen molar-refractivity contribution in [2.45, 2.75) is 11.7 Å². The minimum atomic E-state index is -1.63. The van der Waals surface area contributed by atoms with Crippen LogP contribution in [0.1, 0.15) is 6.42 Å². The summed E-state index contributed by atoms with van der Waals surface area (Å²) in [6.45, 7) is 0. The summed E-state index contributed by atoms with van der Waals surface area (Å²) in [4.78, 5) is 30.1. The van der Waals surface area contributed by atoms with Crippen LogP contribution in [0.15, 0.2) is 0 Å². The largest absolute Gasteiger partial charge is 0.550 e. The van der Waals surface area contributed by atoms with Crippen molar-refractivity contribution in [2.24, 2.45) is 0 Å². The molecule has 0 heterocycles. The molecule has 74 valence electrons. The molecule has 6 nitrogen and oxygen atoms in total. The van der Waals surface area contributed by atoms with Crippen molar-refractivity contribution >= 4 is 29.7 Å². The molecule has 0 bridgehead atoms. The van der Waals surface area contributed by atoms with Crippen molar-refractivity contribution in [3.63, 3.8) is 0 Å². The second kappa shape index (κ2) is 5.41. The molecule has 0 aliphatic carbocycles. The number of hydrogen-bond acceptors (Lipinski definition) is 7. The van der Waals surface area contributed by atoms with E-state index < -0.39 is 35.3 Å². The molecule has 0 spiro atoms. The van der Waals surface area contributed by atoms with Crippen LogP contribution in [-0.4, -0.2) is 28.9 Å². The van der Waals surface area contributed by atoms with Crippen LogP contribution >= 0.6 is 11.8 Å². The highest BCUT2D eigenvalue weighted by molar-refractivity contribution is 8.01. The Balaban J connectivity index is 4.02.